The van der Waals surface area contributed by atoms with Crippen LogP contribution in [0, 0.1) is 0 Å². The van der Waals surface area contributed by atoms with Gasteiger partial charge in [0.1, 0.15) is 11.6 Å². The van der Waals surface area contributed by atoms with Crippen LogP contribution in [-0.2, 0) is 22.7 Å². The predicted molar refractivity (Wildman–Crippen MR) is 98.5 cm³/mol. The lowest BCUT2D eigenvalue weighted by atomic mass is 9.99. The molecule has 9 heteroatoms. The normalized spacial score (nSPS) is 14.7. The van der Waals surface area contributed by atoms with E-state index in [1.807, 2.05) is 19.2 Å². The van der Waals surface area contributed by atoms with Crippen LogP contribution in [0.2, 0.25) is 0 Å². The van der Waals surface area contributed by atoms with E-state index >= 15 is 0 Å². The smallest absolute Gasteiger partial charge is 0.259 e. The summed E-state index contributed by atoms with van der Waals surface area (Å²) < 4.78 is 34.9. The average Bonchev–Trinajstić information content (AvgIpc) is 3.32. The first-order valence-electron chi connectivity index (χ1n) is 8.07. The van der Waals surface area contributed by atoms with Crippen LogP contribution in [0.25, 0.3) is 0 Å². The number of thiophene rings is 1. The molecule has 3 aromatic heterocycles. The van der Waals surface area contributed by atoms with Crippen LogP contribution in [0.15, 0.2) is 51.5 Å². The van der Waals surface area contributed by atoms with Gasteiger partial charge in [-0.2, -0.15) is 0 Å². The quantitative estimate of drug-likeness (QED) is 0.640. The lowest BCUT2D eigenvalue weighted by Gasteiger charge is -2.25. The molecule has 140 valence electrons. The van der Waals surface area contributed by atoms with Crippen molar-refractivity contribution in [2.24, 2.45) is 7.05 Å². The first kappa shape index (κ1) is 18.8. The molecule has 26 heavy (non-hydrogen) atoms. The highest BCUT2D eigenvalue weighted by molar-refractivity contribution is 7.89. The number of hydrogen-bond donors (Lipinski definition) is 2. The number of aliphatic hydroxyl groups is 1. The summed E-state index contributed by atoms with van der Waals surface area (Å²) in [5.41, 5.74) is -1.60. The standard InChI is InChI=1S/C17H21N3O4S2/c1-12(2)16-19-15(10-20(16)3)26(22,23)18-11-17(21,13-6-4-8-24-13)14-7-5-9-25-14/h4-10,12,18,21H,11H2,1-3H3/t17-/m1/s1. The minimum atomic E-state index is -3.89. The molecule has 0 saturated heterocycles. The number of imidazole rings is 1. The van der Waals surface area contributed by atoms with Gasteiger partial charge in [-0.15, -0.1) is 11.3 Å². The van der Waals surface area contributed by atoms with Gasteiger partial charge in [0.25, 0.3) is 10.0 Å². The minimum Gasteiger partial charge on any atom is -0.466 e. The highest BCUT2D eigenvalue weighted by atomic mass is 32.2. The number of aromatic nitrogens is 2. The van der Waals surface area contributed by atoms with Crippen molar-refractivity contribution in [2.45, 2.75) is 30.4 Å². The SMILES string of the molecule is CC(C)c1nc(S(=O)(=O)NC[C@@](O)(c2ccco2)c2cccs2)cn1C. The molecular weight excluding hydrogens is 374 g/mol. The molecule has 0 bridgehead atoms. The molecule has 0 fully saturated rings. The molecule has 0 amide bonds. The molecule has 0 unspecified atom stereocenters. The van der Waals surface area contributed by atoms with E-state index in [9.17, 15) is 13.5 Å². The van der Waals surface area contributed by atoms with Gasteiger partial charge in [0, 0.05) is 24.0 Å². The van der Waals surface area contributed by atoms with Crippen LogP contribution in [-0.4, -0.2) is 29.6 Å². The molecule has 2 N–H and O–H groups in total. The van der Waals surface area contributed by atoms with Gasteiger partial charge in [0.2, 0.25) is 0 Å². The molecular formula is C17H21N3O4S2. The second-order valence-electron chi connectivity index (χ2n) is 6.34. The molecule has 1 atom stereocenters. The van der Waals surface area contributed by atoms with E-state index in [2.05, 4.69) is 9.71 Å². The molecule has 0 aliphatic heterocycles. The maximum Gasteiger partial charge on any atom is 0.259 e. The maximum atomic E-state index is 12.7. The van der Waals surface area contributed by atoms with Gasteiger partial charge < -0.3 is 14.1 Å². The molecule has 0 aromatic carbocycles. The van der Waals surface area contributed by atoms with Crippen molar-refractivity contribution in [1.29, 1.82) is 0 Å². The number of aryl methyl sites for hydroxylation is 1. The Balaban J connectivity index is 1.89. The second-order valence-corrected chi connectivity index (χ2v) is 9.00. The number of nitrogens with one attached hydrogen (secondary N) is 1. The summed E-state index contributed by atoms with van der Waals surface area (Å²) in [7, 11) is -2.13. The molecule has 0 spiro atoms. The Kier molecular flexibility index (Phi) is 5.07. The number of nitrogens with zero attached hydrogens (tertiary/aromatic N) is 2. The summed E-state index contributed by atoms with van der Waals surface area (Å²) in [5, 5.41) is 12.9. The summed E-state index contributed by atoms with van der Waals surface area (Å²) in [4.78, 5) is 4.80. The molecule has 3 aromatic rings. The van der Waals surface area contributed by atoms with Crippen molar-refractivity contribution >= 4 is 21.4 Å². The molecule has 3 heterocycles. The van der Waals surface area contributed by atoms with E-state index in [1.54, 1.807) is 35.9 Å². The first-order chi connectivity index (χ1) is 12.2. The van der Waals surface area contributed by atoms with E-state index in [0.29, 0.717) is 10.7 Å². The second kappa shape index (κ2) is 6.99. The number of hydrogen-bond acceptors (Lipinski definition) is 6. The fraction of sp³-hybridized carbons (Fsp3) is 0.353. The van der Waals surface area contributed by atoms with Crippen LogP contribution >= 0.6 is 11.3 Å². The molecule has 0 radical (unpaired) electrons. The highest BCUT2D eigenvalue weighted by Gasteiger charge is 2.37. The Bertz CT molecular complexity index is 924. The summed E-state index contributed by atoms with van der Waals surface area (Å²) >= 11 is 1.32. The van der Waals surface area contributed by atoms with Crippen molar-refractivity contribution in [2.75, 3.05) is 6.54 Å². The van der Waals surface area contributed by atoms with E-state index in [4.69, 9.17) is 4.42 Å². The summed E-state index contributed by atoms with van der Waals surface area (Å²) in [6, 6.07) is 6.79. The average molecular weight is 396 g/mol. The van der Waals surface area contributed by atoms with Gasteiger partial charge in [0.05, 0.1) is 12.8 Å². The van der Waals surface area contributed by atoms with Crippen molar-refractivity contribution in [3.63, 3.8) is 0 Å². The largest absolute Gasteiger partial charge is 0.466 e. The Morgan fingerprint density at radius 1 is 1.38 bits per heavy atom. The van der Waals surface area contributed by atoms with Gasteiger partial charge in [-0.3, -0.25) is 0 Å². The monoisotopic (exact) mass is 395 g/mol. The molecule has 0 aliphatic carbocycles. The van der Waals surface area contributed by atoms with Crippen molar-refractivity contribution in [3.8, 4) is 0 Å². The first-order valence-corrected chi connectivity index (χ1v) is 10.4. The van der Waals surface area contributed by atoms with Gasteiger partial charge in [0.15, 0.2) is 10.6 Å². The number of rotatable bonds is 7. The van der Waals surface area contributed by atoms with Crippen LogP contribution in [0.4, 0.5) is 0 Å². The van der Waals surface area contributed by atoms with Gasteiger partial charge in [-0.05, 0) is 23.6 Å². The van der Waals surface area contributed by atoms with E-state index in [-0.39, 0.29) is 23.2 Å². The molecule has 7 nitrogen and oxygen atoms in total. The fourth-order valence-electron chi connectivity index (χ4n) is 2.72. The maximum absolute atomic E-state index is 12.7. The molecule has 3 rings (SSSR count). The summed E-state index contributed by atoms with van der Waals surface area (Å²) in [6.07, 6.45) is 2.91. The van der Waals surface area contributed by atoms with Gasteiger partial charge in [-0.25, -0.2) is 18.1 Å². The minimum absolute atomic E-state index is 0.0725. The van der Waals surface area contributed by atoms with Crippen LogP contribution in [0.1, 0.15) is 36.2 Å². The zero-order valence-electron chi connectivity index (χ0n) is 14.7. The fourth-order valence-corrected chi connectivity index (χ4v) is 4.60. The summed E-state index contributed by atoms with van der Waals surface area (Å²) in [6.45, 7) is 3.62. The Hall–Kier alpha value is -1.94. The van der Waals surface area contributed by atoms with Gasteiger partial charge in [-0.1, -0.05) is 19.9 Å². The highest BCUT2D eigenvalue weighted by Crippen LogP contribution is 2.33. The molecule has 0 aliphatic rings. The van der Waals surface area contributed by atoms with Crippen molar-refractivity contribution in [3.05, 3.63) is 58.6 Å². The number of sulfonamides is 1. The van der Waals surface area contributed by atoms with Crippen molar-refractivity contribution < 1.29 is 17.9 Å². The third-order valence-corrected chi connectivity index (χ3v) is 6.35. The number of furan rings is 1. The Morgan fingerprint density at radius 3 is 2.69 bits per heavy atom. The topological polar surface area (TPSA) is 97.4 Å². The van der Waals surface area contributed by atoms with Crippen LogP contribution in [0.5, 0.6) is 0 Å². The summed E-state index contributed by atoms with van der Waals surface area (Å²) in [5.74, 6) is 1.03. The van der Waals surface area contributed by atoms with Crippen LogP contribution < -0.4 is 4.72 Å². The van der Waals surface area contributed by atoms with Gasteiger partial charge >= 0.3 is 0 Å². The third kappa shape index (κ3) is 3.48. The predicted octanol–water partition coefficient (Wildman–Crippen LogP) is 2.41. The Morgan fingerprint density at radius 2 is 2.15 bits per heavy atom. The zero-order valence-corrected chi connectivity index (χ0v) is 16.3. The third-order valence-electron chi connectivity index (χ3n) is 4.06. The Labute approximate surface area is 156 Å². The van der Waals surface area contributed by atoms with E-state index < -0.39 is 15.6 Å². The zero-order chi connectivity index (χ0) is 18.9. The molecule has 0 saturated carbocycles. The lowest BCUT2D eigenvalue weighted by Crippen LogP contribution is -2.41. The van der Waals surface area contributed by atoms with Crippen molar-refractivity contribution in [1.82, 2.24) is 14.3 Å². The lowest BCUT2D eigenvalue weighted by molar-refractivity contribution is 0.0655. The van der Waals surface area contributed by atoms with E-state index in [0.717, 1.165) is 0 Å². The van der Waals surface area contributed by atoms with E-state index in [1.165, 1.54) is 23.8 Å². The van der Waals surface area contributed by atoms with Crippen LogP contribution in [0.3, 0.4) is 0 Å².